The summed E-state index contributed by atoms with van der Waals surface area (Å²) in [5.41, 5.74) is 1.44. The van der Waals surface area contributed by atoms with Gasteiger partial charge in [0.05, 0.1) is 6.61 Å². The van der Waals surface area contributed by atoms with Crippen LogP contribution in [0.2, 0.25) is 0 Å². The summed E-state index contributed by atoms with van der Waals surface area (Å²) in [6.07, 6.45) is 0. The Labute approximate surface area is 103 Å². The molecule has 1 heterocycles. The lowest BCUT2D eigenvalue weighted by atomic mass is 10.2. The summed E-state index contributed by atoms with van der Waals surface area (Å²) in [6, 6.07) is 6.43. The molecular formula is C11H12N2O3S. The Kier molecular flexibility index (Phi) is 3.65. The second kappa shape index (κ2) is 5.20. The molecule has 6 heteroatoms. The van der Waals surface area contributed by atoms with Crippen molar-refractivity contribution in [3.05, 3.63) is 29.8 Å². The molecule has 1 atom stereocenters. The number of benzene rings is 1. The minimum Gasteiger partial charge on any atom is -0.392 e. The maximum Gasteiger partial charge on any atom is 0.279 e. The van der Waals surface area contributed by atoms with Gasteiger partial charge in [0.2, 0.25) is 5.91 Å². The smallest absolute Gasteiger partial charge is 0.279 e. The van der Waals surface area contributed by atoms with Crippen LogP contribution < -0.4 is 10.6 Å². The van der Waals surface area contributed by atoms with Gasteiger partial charge in [0.1, 0.15) is 6.04 Å². The molecule has 0 bridgehead atoms. The van der Waals surface area contributed by atoms with E-state index >= 15 is 0 Å². The van der Waals surface area contributed by atoms with Crippen LogP contribution in [0.3, 0.4) is 0 Å². The summed E-state index contributed by atoms with van der Waals surface area (Å²) in [5, 5.41) is 14.0. The third-order valence-electron chi connectivity index (χ3n) is 2.39. The molecule has 3 N–H and O–H groups in total. The minimum absolute atomic E-state index is 0.0243. The van der Waals surface area contributed by atoms with Crippen molar-refractivity contribution in [1.82, 2.24) is 5.32 Å². The average molecular weight is 252 g/mol. The maximum atomic E-state index is 11.7. The van der Waals surface area contributed by atoms with Gasteiger partial charge in [0.25, 0.3) is 5.24 Å². The van der Waals surface area contributed by atoms with Gasteiger partial charge in [-0.15, -0.1) is 0 Å². The molecule has 2 amide bonds. The number of rotatable bonds is 3. The molecule has 0 spiro atoms. The Balaban J connectivity index is 1.95. The number of carbonyl (C=O) groups is 2. The predicted molar refractivity (Wildman–Crippen MR) is 65.8 cm³/mol. The number of aliphatic hydroxyl groups is 1. The highest BCUT2D eigenvalue weighted by Gasteiger charge is 2.27. The molecule has 1 unspecified atom stereocenters. The third kappa shape index (κ3) is 2.98. The van der Waals surface area contributed by atoms with E-state index in [4.69, 9.17) is 5.11 Å². The number of nitrogens with one attached hydrogen (secondary N) is 2. The maximum absolute atomic E-state index is 11.7. The largest absolute Gasteiger partial charge is 0.392 e. The normalized spacial score (nSPS) is 18.9. The Hall–Kier alpha value is -1.53. The van der Waals surface area contributed by atoms with Crippen LogP contribution >= 0.6 is 11.8 Å². The molecule has 1 fully saturated rings. The van der Waals surface area contributed by atoms with Gasteiger partial charge in [-0.1, -0.05) is 23.9 Å². The highest BCUT2D eigenvalue weighted by molar-refractivity contribution is 8.14. The van der Waals surface area contributed by atoms with Gasteiger partial charge in [-0.05, 0) is 17.7 Å². The van der Waals surface area contributed by atoms with Crippen LogP contribution in [-0.2, 0) is 11.4 Å². The van der Waals surface area contributed by atoms with E-state index in [1.165, 1.54) is 0 Å². The van der Waals surface area contributed by atoms with E-state index in [2.05, 4.69) is 10.6 Å². The molecule has 1 aliphatic heterocycles. The molecule has 1 aromatic rings. The van der Waals surface area contributed by atoms with Crippen molar-refractivity contribution in [1.29, 1.82) is 0 Å². The molecule has 0 radical (unpaired) electrons. The quantitative estimate of drug-likeness (QED) is 0.748. The number of aliphatic hydroxyl groups excluding tert-OH is 1. The average Bonchev–Trinajstić information content (AvgIpc) is 2.77. The summed E-state index contributed by atoms with van der Waals surface area (Å²) in [7, 11) is 0. The highest BCUT2D eigenvalue weighted by atomic mass is 32.2. The van der Waals surface area contributed by atoms with Gasteiger partial charge in [-0.25, -0.2) is 0 Å². The van der Waals surface area contributed by atoms with Gasteiger partial charge in [0.15, 0.2) is 0 Å². The van der Waals surface area contributed by atoms with Crippen LogP contribution in [0.15, 0.2) is 24.3 Å². The lowest BCUT2D eigenvalue weighted by Crippen LogP contribution is -2.38. The van der Waals surface area contributed by atoms with Crippen LogP contribution in [0.5, 0.6) is 0 Å². The van der Waals surface area contributed by atoms with Crippen molar-refractivity contribution >= 4 is 28.6 Å². The zero-order valence-electron chi connectivity index (χ0n) is 8.97. The zero-order chi connectivity index (χ0) is 12.3. The molecule has 0 aromatic heterocycles. The Morgan fingerprint density at radius 2 is 2.18 bits per heavy atom. The van der Waals surface area contributed by atoms with Crippen molar-refractivity contribution < 1.29 is 14.7 Å². The van der Waals surface area contributed by atoms with E-state index in [-0.39, 0.29) is 17.8 Å². The monoisotopic (exact) mass is 252 g/mol. The first-order valence-corrected chi connectivity index (χ1v) is 6.11. The standard InChI is InChI=1S/C11H12N2O3S/c14-5-7-1-3-8(4-2-7)12-10(15)9-6-17-11(16)13-9/h1-4,9,14H,5-6H2,(H,12,15)(H,13,16). The summed E-state index contributed by atoms with van der Waals surface area (Å²) in [6.45, 7) is -0.0243. The van der Waals surface area contributed by atoms with E-state index in [9.17, 15) is 9.59 Å². The number of hydrogen-bond acceptors (Lipinski definition) is 4. The first-order chi connectivity index (χ1) is 8.19. The molecule has 1 saturated heterocycles. The van der Waals surface area contributed by atoms with Crippen molar-refractivity contribution in [2.24, 2.45) is 0 Å². The third-order valence-corrected chi connectivity index (χ3v) is 3.27. The van der Waals surface area contributed by atoms with Gasteiger partial charge < -0.3 is 15.7 Å². The van der Waals surface area contributed by atoms with Gasteiger partial charge in [-0.2, -0.15) is 0 Å². The Morgan fingerprint density at radius 1 is 1.47 bits per heavy atom. The first kappa shape index (κ1) is 11.9. The number of carbonyl (C=O) groups excluding carboxylic acids is 2. The molecule has 0 aliphatic carbocycles. The highest BCUT2D eigenvalue weighted by Crippen LogP contribution is 2.15. The topological polar surface area (TPSA) is 78.4 Å². The molecule has 1 aliphatic rings. The number of hydrogen-bond donors (Lipinski definition) is 3. The van der Waals surface area contributed by atoms with Crippen LogP contribution in [0.4, 0.5) is 10.5 Å². The predicted octanol–water partition coefficient (Wildman–Crippen LogP) is 0.942. The fourth-order valence-corrected chi connectivity index (χ4v) is 2.23. The van der Waals surface area contributed by atoms with Crippen molar-refractivity contribution in [2.75, 3.05) is 11.1 Å². The molecule has 17 heavy (non-hydrogen) atoms. The Morgan fingerprint density at radius 3 is 2.71 bits per heavy atom. The van der Waals surface area contributed by atoms with Gasteiger partial charge in [0, 0.05) is 11.4 Å². The van der Waals surface area contributed by atoms with Crippen LogP contribution in [0, 0.1) is 0 Å². The molecular weight excluding hydrogens is 240 g/mol. The van der Waals surface area contributed by atoms with E-state index in [1.54, 1.807) is 24.3 Å². The van der Waals surface area contributed by atoms with Crippen LogP contribution in [-0.4, -0.2) is 28.0 Å². The van der Waals surface area contributed by atoms with E-state index in [0.717, 1.165) is 17.3 Å². The summed E-state index contributed by atoms with van der Waals surface area (Å²) < 4.78 is 0. The van der Waals surface area contributed by atoms with Crippen LogP contribution in [0.25, 0.3) is 0 Å². The van der Waals surface area contributed by atoms with E-state index in [1.807, 2.05) is 0 Å². The second-order valence-electron chi connectivity index (χ2n) is 3.64. The lowest BCUT2D eigenvalue weighted by molar-refractivity contribution is -0.117. The van der Waals surface area contributed by atoms with E-state index < -0.39 is 6.04 Å². The van der Waals surface area contributed by atoms with Crippen LogP contribution in [0.1, 0.15) is 5.56 Å². The molecule has 0 saturated carbocycles. The minimum atomic E-state index is -0.468. The zero-order valence-corrected chi connectivity index (χ0v) is 9.79. The summed E-state index contributed by atoms with van der Waals surface area (Å²) in [4.78, 5) is 22.7. The molecule has 2 rings (SSSR count). The summed E-state index contributed by atoms with van der Waals surface area (Å²) >= 11 is 1.11. The lowest BCUT2D eigenvalue weighted by Gasteiger charge is -2.10. The van der Waals surface area contributed by atoms with Gasteiger partial charge in [-0.3, -0.25) is 9.59 Å². The number of anilines is 1. The van der Waals surface area contributed by atoms with Crippen molar-refractivity contribution in [2.45, 2.75) is 12.6 Å². The van der Waals surface area contributed by atoms with E-state index in [0.29, 0.717) is 11.4 Å². The van der Waals surface area contributed by atoms with Gasteiger partial charge >= 0.3 is 0 Å². The number of amides is 2. The molecule has 1 aromatic carbocycles. The molecule has 5 nitrogen and oxygen atoms in total. The fourth-order valence-electron chi connectivity index (χ4n) is 1.45. The van der Waals surface area contributed by atoms with Crippen molar-refractivity contribution in [3.63, 3.8) is 0 Å². The first-order valence-electron chi connectivity index (χ1n) is 5.13. The Bertz CT molecular complexity index is 433. The molecule has 90 valence electrons. The second-order valence-corrected chi connectivity index (χ2v) is 4.63. The fraction of sp³-hybridized carbons (Fsp3) is 0.273. The SMILES string of the molecule is O=C1NC(C(=O)Nc2ccc(CO)cc2)CS1. The van der Waals surface area contributed by atoms with Crippen molar-refractivity contribution in [3.8, 4) is 0 Å². The number of thioether (sulfide) groups is 1. The summed E-state index contributed by atoms with van der Waals surface area (Å²) in [5.74, 6) is 0.236.